The Hall–Kier alpha value is -0.660. The molecule has 0 unspecified atom stereocenters. The van der Waals surface area contributed by atoms with Crippen molar-refractivity contribution in [1.82, 2.24) is 15.1 Å². The van der Waals surface area contributed by atoms with Gasteiger partial charge in [0.2, 0.25) is 5.91 Å². The monoisotopic (exact) mass is 331 g/mol. The number of hydrogen-bond donors (Lipinski definition) is 1. The predicted octanol–water partition coefficient (Wildman–Crippen LogP) is -0.0466. The number of hydrogen-bond acceptors (Lipinski definition) is 5. The number of sulfone groups is 1. The summed E-state index contributed by atoms with van der Waals surface area (Å²) in [5.41, 5.74) is 0. The van der Waals surface area contributed by atoms with E-state index in [1.54, 1.807) is 0 Å². The van der Waals surface area contributed by atoms with E-state index >= 15 is 0 Å². The van der Waals surface area contributed by atoms with E-state index in [1.807, 2.05) is 11.9 Å². The average Bonchev–Trinajstić information content (AvgIpc) is 2.46. The number of likely N-dealkylation sites (N-methyl/N-ethyl adjacent to an activating group) is 1. The van der Waals surface area contributed by atoms with Crippen LogP contribution in [0.1, 0.15) is 25.7 Å². The number of carbonyl (C=O) groups is 1. The highest BCUT2D eigenvalue weighted by atomic mass is 32.2. The van der Waals surface area contributed by atoms with Crippen LogP contribution in [0.3, 0.4) is 0 Å². The van der Waals surface area contributed by atoms with Crippen LogP contribution in [0.5, 0.6) is 0 Å². The van der Waals surface area contributed by atoms with Gasteiger partial charge in [0.05, 0.1) is 12.3 Å². The number of piperidine rings is 2. The van der Waals surface area contributed by atoms with Crippen LogP contribution in [0.4, 0.5) is 0 Å². The van der Waals surface area contributed by atoms with Crippen molar-refractivity contribution in [1.29, 1.82) is 0 Å². The highest BCUT2D eigenvalue weighted by Gasteiger charge is 2.28. The fourth-order valence-electron chi connectivity index (χ4n) is 3.55. The number of nitrogens with one attached hydrogen (secondary N) is 1. The van der Waals surface area contributed by atoms with Gasteiger partial charge in [-0.15, -0.1) is 0 Å². The topological polar surface area (TPSA) is 69.7 Å². The molecule has 2 heterocycles. The van der Waals surface area contributed by atoms with Crippen molar-refractivity contribution in [2.24, 2.45) is 5.92 Å². The second-order valence-corrected chi connectivity index (χ2v) is 9.02. The Bertz CT molecular complexity index is 474. The molecule has 0 aromatic rings. The van der Waals surface area contributed by atoms with Crippen LogP contribution < -0.4 is 5.32 Å². The van der Waals surface area contributed by atoms with E-state index in [2.05, 4.69) is 10.2 Å². The molecule has 0 aliphatic carbocycles. The zero-order valence-corrected chi connectivity index (χ0v) is 14.6. The first-order chi connectivity index (χ1) is 10.3. The molecule has 0 aromatic heterocycles. The van der Waals surface area contributed by atoms with Crippen LogP contribution in [0, 0.1) is 5.92 Å². The summed E-state index contributed by atoms with van der Waals surface area (Å²) in [6, 6.07) is 0.474. The van der Waals surface area contributed by atoms with Crippen LogP contribution in [-0.2, 0) is 14.6 Å². The quantitative estimate of drug-likeness (QED) is 0.765. The summed E-state index contributed by atoms with van der Waals surface area (Å²) in [6.07, 6.45) is 5.25. The van der Waals surface area contributed by atoms with Gasteiger partial charge >= 0.3 is 0 Å². The van der Waals surface area contributed by atoms with Crippen LogP contribution in [0.25, 0.3) is 0 Å². The first kappa shape index (κ1) is 17.7. The smallest absolute Gasteiger partial charge is 0.236 e. The number of carbonyl (C=O) groups excluding carboxylic acids is 1. The lowest BCUT2D eigenvalue weighted by atomic mass is 10.00. The number of amides is 1. The van der Waals surface area contributed by atoms with Gasteiger partial charge in [0.1, 0.15) is 9.84 Å². The molecule has 1 N–H and O–H groups in total. The van der Waals surface area contributed by atoms with Crippen LogP contribution in [0.2, 0.25) is 0 Å². The van der Waals surface area contributed by atoms with E-state index in [0.29, 0.717) is 19.1 Å². The van der Waals surface area contributed by atoms with E-state index in [1.165, 1.54) is 6.26 Å². The second kappa shape index (κ2) is 7.75. The summed E-state index contributed by atoms with van der Waals surface area (Å²) in [6.45, 7) is 3.83. The first-order valence-corrected chi connectivity index (χ1v) is 10.3. The van der Waals surface area contributed by atoms with Crippen molar-refractivity contribution in [2.75, 3.05) is 51.8 Å². The van der Waals surface area contributed by atoms with E-state index in [0.717, 1.165) is 45.3 Å². The van der Waals surface area contributed by atoms with Gasteiger partial charge in [-0.25, -0.2) is 8.42 Å². The molecule has 1 atom stereocenters. The molecule has 0 radical (unpaired) electrons. The van der Waals surface area contributed by atoms with Crippen molar-refractivity contribution in [3.63, 3.8) is 0 Å². The normalized spacial score (nSPS) is 24.7. The molecule has 0 aromatic carbocycles. The minimum Gasteiger partial charge on any atom is -0.341 e. The van der Waals surface area contributed by atoms with Gasteiger partial charge in [-0.05, 0) is 51.7 Å². The molecule has 0 bridgehead atoms. The molecule has 0 saturated carbocycles. The Labute approximate surface area is 134 Å². The fraction of sp³-hybridized carbons (Fsp3) is 0.933. The molecule has 6 nitrogen and oxygen atoms in total. The summed E-state index contributed by atoms with van der Waals surface area (Å²) in [5.74, 6) is 0.428. The molecule has 2 rings (SSSR count). The molecule has 2 aliphatic heterocycles. The number of nitrogens with zero attached hydrogens (tertiary/aromatic N) is 2. The molecule has 128 valence electrons. The van der Waals surface area contributed by atoms with Gasteiger partial charge in [-0.3, -0.25) is 9.69 Å². The van der Waals surface area contributed by atoms with E-state index in [-0.39, 0.29) is 17.6 Å². The van der Waals surface area contributed by atoms with Gasteiger partial charge in [0.15, 0.2) is 0 Å². The summed E-state index contributed by atoms with van der Waals surface area (Å²) < 4.78 is 22.9. The maximum atomic E-state index is 12.5. The van der Waals surface area contributed by atoms with Gasteiger partial charge in [0, 0.05) is 25.4 Å². The Balaban J connectivity index is 1.83. The molecule has 2 aliphatic rings. The highest BCUT2D eigenvalue weighted by molar-refractivity contribution is 7.90. The highest BCUT2D eigenvalue weighted by Crippen LogP contribution is 2.19. The van der Waals surface area contributed by atoms with Crippen molar-refractivity contribution in [2.45, 2.75) is 31.7 Å². The van der Waals surface area contributed by atoms with Crippen LogP contribution in [0.15, 0.2) is 0 Å². The fourth-order valence-corrected chi connectivity index (χ4v) is 4.67. The molecule has 7 heteroatoms. The Kier molecular flexibility index (Phi) is 6.23. The zero-order valence-electron chi connectivity index (χ0n) is 13.8. The number of likely N-dealkylation sites (tertiary alicyclic amines) is 1. The Morgan fingerprint density at radius 2 is 1.95 bits per heavy atom. The Morgan fingerprint density at radius 3 is 2.59 bits per heavy atom. The lowest BCUT2D eigenvalue weighted by Gasteiger charge is -2.36. The molecule has 22 heavy (non-hydrogen) atoms. The molecular weight excluding hydrogens is 302 g/mol. The van der Waals surface area contributed by atoms with E-state index in [4.69, 9.17) is 0 Å². The summed E-state index contributed by atoms with van der Waals surface area (Å²) in [7, 11) is -0.949. The van der Waals surface area contributed by atoms with Crippen LogP contribution >= 0.6 is 0 Å². The van der Waals surface area contributed by atoms with Crippen molar-refractivity contribution >= 4 is 15.7 Å². The lowest BCUT2D eigenvalue weighted by molar-refractivity contribution is -0.134. The molecule has 1 amide bonds. The largest absolute Gasteiger partial charge is 0.341 e. The molecule has 2 saturated heterocycles. The third kappa shape index (κ3) is 5.52. The van der Waals surface area contributed by atoms with Crippen molar-refractivity contribution in [3.8, 4) is 0 Å². The summed E-state index contributed by atoms with van der Waals surface area (Å²) in [4.78, 5) is 16.5. The Morgan fingerprint density at radius 1 is 1.27 bits per heavy atom. The maximum absolute atomic E-state index is 12.5. The molecule has 2 fully saturated rings. The van der Waals surface area contributed by atoms with Gasteiger partial charge in [-0.2, -0.15) is 0 Å². The molecule has 0 spiro atoms. The van der Waals surface area contributed by atoms with E-state index < -0.39 is 9.84 Å². The standard InChI is InChI=1S/C15H29N3O3S/c1-17(14-5-7-16-8-6-14)11-15(19)18-9-3-4-13(10-18)12-22(2,20)21/h13-14,16H,3-12H2,1-2H3/t13-/m0/s1. The first-order valence-electron chi connectivity index (χ1n) is 8.21. The third-order valence-corrected chi connectivity index (χ3v) is 5.80. The minimum absolute atomic E-state index is 0.0943. The van der Waals surface area contributed by atoms with Gasteiger partial charge < -0.3 is 10.2 Å². The van der Waals surface area contributed by atoms with Gasteiger partial charge in [0.25, 0.3) is 0 Å². The zero-order chi connectivity index (χ0) is 16.2. The lowest BCUT2D eigenvalue weighted by Crippen LogP contribution is -2.49. The third-order valence-electron chi connectivity index (χ3n) is 4.73. The second-order valence-electron chi connectivity index (χ2n) is 6.84. The molecular formula is C15H29N3O3S. The summed E-state index contributed by atoms with van der Waals surface area (Å²) >= 11 is 0. The van der Waals surface area contributed by atoms with Crippen LogP contribution in [-0.4, -0.2) is 81.9 Å². The predicted molar refractivity (Wildman–Crippen MR) is 87.5 cm³/mol. The van der Waals surface area contributed by atoms with E-state index in [9.17, 15) is 13.2 Å². The summed E-state index contributed by atoms with van der Waals surface area (Å²) in [5, 5.41) is 3.33. The van der Waals surface area contributed by atoms with Gasteiger partial charge in [-0.1, -0.05) is 0 Å². The minimum atomic E-state index is -2.97. The van der Waals surface area contributed by atoms with Crippen molar-refractivity contribution < 1.29 is 13.2 Å². The number of rotatable bonds is 5. The van der Waals surface area contributed by atoms with Crippen molar-refractivity contribution in [3.05, 3.63) is 0 Å². The SMILES string of the molecule is CN(CC(=O)N1CCC[C@H](CS(C)(=O)=O)C1)C1CCNCC1. The average molecular weight is 331 g/mol. The maximum Gasteiger partial charge on any atom is 0.236 e.